The largest absolute Gasteiger partial charge is 0.314 e. The predicted octanol–water partition coefficient (Wildman–Crippen LogP) is 3.36. The molecule has 2 heterocycles. The molecule has 1 aliphatic heterocycles. The maximum atomic E-state index is 3.45. The highest BCUT2D eigenvalue weighted by Crippen LogP contribution is 2.32. The zero-order chi connectivity index (χ0) is 13.9. The Morgan fingerprint density at radius 3 is 2.65 bits per heavy atom. The van der Waals surface area contributed by atoms with Crippen molar-refractivity contribution in [2.45, 2.75) is 19.9 Å². The topological polar surface area (TPSA) is 15.3 Å². The van der Waals surface area contributed by atoms with Crippen molar-refractivity contribution in [2.24, 2.45) is 0 Å². The Hall–Kier alpha value is -1.16. The van der Waals surface area contributed by atoms with Crippen molar-refractivity contribution >= 4 is 11.3 Å². The molecule has 1 N–H and O–H groups in total. The van der Waals surface area contributed by atoms with Crippen LogP contribution in [0.4, 0.5) is 0 Å². The van der Waals surface area contributed by atoms with E-state index in [1.165, 1.54) is 22.3 Å². The second-order valence-electron chi connectivity index (χ2n) is 5.61. The summed E-state index contributed by atoms with van der Waals surface area (Å²) in [7, 11) is 0. The molecule has 0 spiro atoms. The number of piperazine rings is 1. The summed E-state index contributed by atoms with van der Waals surface area (Å²) in [4.78, 5) is 2.61. The highest BCUT2D eigenvalue weighted by Gasteiger charge is 2.25. The number of nitrogens with one attached hydrogen (secondary N) is 1. The van der Waals surface area contributed by atoms with Crippen molar-refractivity contribution in [3.8, 4) is 0 Å². The average molecular weight is 286 g/mol. The first-order chi connectivity index (χ1) is 9.75. The van der Waals surface area contributed by atoms with Gasteiger partial charge in [-0.3, -0.25) is 4.90 Å². The summed E-state index contributed by atoms with van der Waals surface area (Å²) in [6.07, 6.45) is 0. The lowest BCUT2D eigenvalue weighted by Gasteiger charge is -2.36. The molecular formula is C17H22N2S. The number of benzene rings is 1. The lowest BCUT2D eigenvalue weighted by atomic mass is 9.93. The second kappa shape index (κ2) is 6.08. The fraction of sp³-hybridized carbons (Fsp3) is 0.412. The molecule has 1 aliphatic rings. The quantitative estimate of drug-likeness (QED) is 0.931. The van der Waals surface area contributed by atoms with E-state index in [4.69, 9.17) is 0 Å². The van der Waals surface area contributed by atoms with Gasteiger partial charge in [0.05, 0.1) is 6.04 Å². The maximum absolute atomic E-state index is 3.45. The van der Waals surface area contributed by atoms with Gasteiger partial charge >= 0.3 is 0 Å². The van der Waals surface area contributed by atoms with Gasteiger partial charge in [0.15, 0.2) is 0 Å². The Morgan fingerprint density at radius 2 is 1.95 bits per heavy atom. The summed E-state index contributed by atoms with van der Waals surface area (Å²) in [5.74, 6) is 0. The molecule has 0 aliphatic carbocycles. The highest BCUT2D eigenvalue weighted by molar-refractivity contribution is 7.08. The Morgan fingerprint density at radius 1 is 1.15 bits per heavy atom. The molecule has 1 aromatic heterocycles. The number of aryl methyl sites for hydroxylation is 2. The summed E-state index contributed by atoms with van der Waals surface area (Å²) in [6.45, 7) is 8.83. The van der Waals surface area contributed by atoms with Crippen LogP contribution in [0.3, 0.4) is 0 Å². The summed E-state index contributed by atoms with van der Waals surface area (Å²) in [5.41, 5.74) is 5.64. The van der Waals surface area contributed by atoms with Crippen LogP contribution in [0.15, 0.2) is 35.0 Å². The molecule has 3 heteroatoms. The van der Waals surface area contributed by atoms with Crippen molar-refractivity contribution in [1.29, 1.82) is 0 Å². The Kier molecular flexibility index (Phi) is 4.20. The molecule has 1 atom stereocenters. The van der Waals surface area contributed by atoms with E-state index in [2.05, 4.69) is 59.1 Å². The molecule has 1 aromatic carbocycles. The number of hydrogen-bond donors (Lipinski definition) is 1. The molecule has 2 aromatic rings. The van der Waals surface area contributed by atoms with Gasteiger partial charge in [-0.15, -0.1) is 0 Å². The molecular weight excluding hydrogens is 264 g/mol. The molecule has 1 unspecified atom stereocenters. The molecule has 106 valence electrons. The van der Waals surface area contributed by atoms with Gasteiger partial charge in [0, 0.05) is 26.2 Å². The minimum absolute atomic E-state index is 0.406. The first kappa shape index (κ1) is 13.8. The summed E-state index contributed by atoms with van der Waals surface area (Å²) in [6, 6.07) is 9.51. The van der Waals surface area contributed by atoms with E-state index in [1.807, 2.05) is 0 Å². The van der Waals surface area contributed by atoms with Crippen LogP contribution >= 0.6 is 11.3 Å². The van der Waals surface area contributed by atoms with Gasteiger partial charge in [-0.1, -0.05) is 23.8 Å². The van der Waals surface area contributed by atoms with E-state index in [-0.39, 0.29) is 0 Å². The van der Waals surface area contributed by atoms with Crippen molar-refractivity contribution in [3.05, 3.63) is 57.3 Å². The van der Waals surface area contributed by atoms with Gasteiger partial charge in [0.1, 0.15) is 0 Å². The Bertz CT molecular complexity index is 556. The monoisotopic (exact) mass is 286 g/mol. The van der Waals surface area contributed by atoms with E-state index in [9.17, 15) is 0 Å². The lowest BCUT2D eigenvalue weighted by Crippen LogP contribution is -2.45. The standard InChI is InChI=1S/C17H22N2S/c1-13-3-4-14(2)16(11-13)17(15-5-10-20-12-15)19-8-6-18-7-9-19/h3-5,10-12,17-18H,6-9H2,1-2H3. The van der Waals surface area contributed by atoms with E-state index in [0.29, 0.717) is 6.04 Å². The minimum Gasteiger partial charge on any atom is -0.314 e. The number of hydrogen-bond acceptors (Lipinski definition) is 3. The van der Waals surface area contributed by atoms with Crippen LogP contribution in [0, 0.1) is 13.8 Å². The highest BCUT2D eigenvalue weighted by atomic mass is 32.1. The molecule has 1 saturated heterocycles. The Balaban J connectivity index is 2.02. The Labute approximate surface area is 125 Å². The molecule has 0 saturated carbocycles. The van der Waals surface area contributed by atoms with Gasteiger partial charge in [-0.25, -0.2) is 0 Å². The molecule has 0 amide bonds. The van der Waals surface area contributed by atoms with Crippen molar-refractivity contribution in [1.82, 2.24) is 10.2 Å². The lowest BCUT2D eigenvalue weighted by molar-refractivity contribution is 0.198. The fourth-order valence-electron chi connectivity index (χ4n) is 3.01. The van der Waals surface area contributed by atoms with Gasteiger partial charge < -0.3 is 5.32 Å². The predicted molar refractivity (Wildman–Crippen MR) is 86.5 cm³/mol. The van der Waals surface area contributed by atoms with Crippen LogP contribution in [-0.2, 0) is 0 Å². The van der Waals surface area contributed by atoms with Crippen molar-refractivity contribution in [2.75, 3.05) is 26.2 Å². The zero-order valence-electron chi connectivity index (χ0n) is 12.2. The zero-order valence-corrected chi connectivity index (χ0v) is 13.0. The fourth-order valence-corrected chi connectivity index (χ4v) is 3.69. The SMILES string of the molecule is Cc1ccc(C)c(C(c2ccsc2)N2CCNCC2)c1. The van der Waals surface area contributed by atoms with Gasteiger partial charge in [-0.05, 0) is 47.4 Å². The van der Waals surface area contributed by atoms with Crippen LogP contribution in [0.1, 0.15) is 28.3 Å². The van der Waals surface area contributed by atoms with Crippen molar-refractivity contribution < 1.29 is 0 Å². The molecule has 2 nitrogen and oxygen atoms in total. The number of rotatable bonds is 3. The van der Waals surface area contributed by atoms with Crippen LogP contribution in [0.2, 0.25) is 0 Å². The molecule has 0 bridgehead atoms. The van der Waals surface area contributed by atoms with Gasteiger partial charge in [0.25, 0.3) is 0 Å². The summed E-state index contributed by atoms with van der Waals surface area (Å²) < 4.78 is 0. The average Bonchev–Trinajstić information content (AvgIpc) is 2.98. The molecule has 1 fully saturated rings. The first-order valence-corrected chi connectivity index (χ1v) is 8.24. The minimum atomic E-state index is 0.406. The number of thiophene rings is 1. The maximum Gasteiger partial charge on any atom is 0.0613 e. The van der Waals surface area contributed by atoms with Gasteiger partial charge in [0.2, 0.25) is 0 Å². The van der Waals surface area contributed by atoms with Crippen LogP contribution in [0.25, 0.3) is 0 Å². The normalized spacial score (nSPS) is 18.1. The van der Waals surface area contributed by atoms with Crippen molar-refractivity contribution in [3.63, 3.8) is 0 Å². The van der Waals surface area contributed by atoms with Crippen LogP contribution in [0.5, 0.6) is 0 Å². The van der Waals surface area contributed by atoms with E-state index < -0.39 is 0 Å². The summed E-state index contributed by atoms with van der Waals surface area (Å²) in [5, 5.41) is 7.94. The number of nitrogens with zero attached hydrogens (tertiary/aromatic N) is 1. The van der Waals surface area contributed by atoms with E-state index >= 15 is 0 Å². The van der Waals surface area contributed by atoms with E-state index in [1.54, 1.807) is 11.3 Å². The molecule has 0 radical (unpaired) electrons. The third-order valence-electron chi connectivity index (χ3n) is 4.10. The van der Waals surface area contributed by atoms with E-state index in [0.717, 1.165) is 26.2 Å². The third kappa shape index (κ3) is 2.80. The molecule has 3 rings (SSSR count). The van der Waals surface area contributed by atoms with Gasteiger partial charge in [-0.2, -0.15) is 11.3 Å². The summed E-state index contributed by atoms with van der Waals surface area (Å²) >= 11 is 1.79. The molecule has 20 heavy (non-hydrogen) atoms. The van der Waals surface area contributed by atoms with Crippen LogP contribution in [-0.4, -0.2) is 31.1 Å². The van der Waals surface area contributed by atoms with Crippen LogP contribution < -0.4 is 5.32 Å². The smallest absolute Gasteiger partial charge is 0.0613 e. The first-order valence-electron chi connectivity index (χ1n) is 7.30. The third-order valence-corrected chi connectivity index (χ3v) is 4.81. The second-order valence-corrected chi connectivity index (χ2v) is 6.39.